The van der Waals surface area contributed by atoms with E-state index in [4.69, 9.17) is 4.74 Å². The average molecular weight is 224 g/mol. The SMILES string of the molecule is O=c1n([C@@H]2CCNC2)cnn1[C@@H]1CCOC1. The third kappa shape index (κ3) is 1.58. The van der Waals surface area contributed by atoms with Crippen molar-refractivity contribution < 1.29 is 4.74 Å². The van der Waals surface area contributed by atoms with Gasteiger partial charge in [0.25, 0.3) is 0 Å². The number of rotatable bonds is 2. The zero-order chi connectivity index (χ0) is 11.0. The first-order valence-electron chi connectivity index (χ1n) is 5.80. The van der Waals surface area contributed by atoms with Crippen LogP contribution in [0, 0.1) is 0 Å². The highest BCUT2D eigenvalue weighted by molar-refractivity contribution is 4.84. The number of nitrogens with zero attached hydrogens (tertiary/aromatic N) is 3. The van der Waals surface area contributed by atoms with E-state index in [-0.39, 0.29) is 17.8 Å². The Morgan fingerprint density at radius 3 is 3.06 bits per heavy atom. The molecular weight excluding hydrogens is 208 g/mol. The van der Waals surface area contributed by atoms with Crippen molar-refractivity contribution in [3.05, 3.63) is 16.8 Å². The van der Waals surface area contributed by atoms with Gasteiger partial charge >= 0.3 is 5.69 Å². The zero-order valence-corrected chi connectivity index (χ0v) is 9.13. The minimum atomic E-state index is 0.00389. The summed E-state index contributed by atoms with van der Waals surface area (Å²) < 4.78 is 8.60. The van der Waals surface area contributed by atoms with Gasteiger partial charge in [-0.05, 0) is 19.4 Å². The highest BCUT2D eigenvalue weighted by atomic mass is 16.5. The molecule has 0 aliphatic carbocycles. The van der Waals surface area contributed by atoms with Crippen molar-refractivity contribution in [3.63, 3.8) is 0 Å². The molecule has 1 N–H and O–H groups in total. The van der Waals surface area contributed by atoms with E-state index in [0.717, 1.165) is 32.5 Å². The van der Waals surface area contributed by atoms with Crippen LogP contribution >= 0.6 is 0 Å². The predicted octanol–water partition coefficient (Wildman–Crippen LogP) is -0.459. The minimum Gasteiger partial charge on any atom is -0.379 e. The Balaban J connectivity index is 1.87. The summed E-state index contributed by atoms with van der Waals surface area (Å²) in [5.41, 5.74) is 0.00389. The summed E-state index contributed by atoms with van der Waals surface area (Å²) in [7, 11) is 0. The zero-order valence-electron chi connectivity index (χ0n) is 9.13. The lowest BCUT2D eigenvalue weighted by Gasteiger charge is -2.08. The summed E-state index contributed by atoms with van der Waals surface area (Å²) in [6.07, 6.45) is 3.56. The number of hydrogen-bond acceptors (Lipinski definition) is 4. The molecule has 2 aliphatic heterocycles. The fraction of sp³-hybridized carbons (Fsp3) is 0.800. The van der Waals surface area contributed by atoms with E-state index >= 15 is 0 Å². The van der Waals surface area contributed by atoms with Crippen LogP contribution in [0.5, 0.6) is 0 Å². The third-order valence-corrected chi connectivity index (χ3v) is 3.40. The second kappa shape index (κ2) is 4.03. The molecule has 0 amide bonds. The quantitative estimate of drug-likeness (QED) is 0.738. The van der Waals surface area contributed by atoms with E-state index in [1.807, 2.05) is 0 Å². The molecule has 6 nitrogen and oxygen atoms in total. The monoisotopic (exact) mass is 224 g/mol. The van der Waals surface area contributed by atoms with E-state index in [1.54, 1.807) is 15.6 Å². The molecule has 0 saturated carbocycles. The summed E-state index contributed by atoms with van der Waals surface area (Å²) in [5.74, 6) is 0. The molecular formula is C10H16N4O2. The molecule has 2 aliphatic rings. The maximum Gasteiger partial charge on any atom is 0.346 e. The molecule has 1 aromatic heterocycles. The fourth-order valence-corrected chi connectivity index (χ4v) is 2.42. The van der Waals surface area contributed by atoms with Crippen molar-refractivity contribution in [1.29, 1.82) is 0 Å². The second-order valence-corrected chi connectivity index (χ2v) is 4.43. The average Bonchev–Trinajstić information content (AvgIpc) is 2.96. The number of aromatic nitrogens is 3. The molecule has 0 aromatic carbocycles. The molecule has 3 heterocycles. The Bertz CT molecular complexity index is 376. The van der Waals surface area contributed by atoms with E-state index in [9.17, 15) is 4.79 Å². The van der Waals surface area contributed by atoms with Crippen LogP contribution < -0.4 is 11.0 Å². The van der Waals surface area contributed by atoms with Crippen LogP contribution in [0.4, 0.5) is 0 Å². The molecule has 2 fully saturated rings. The van der Waals surface area contributed by atoms with E-state index in [0.29, 0.717) is 6.61 Å². The van der Waals surface area contributed by atoms with E-state index in [2.05, 4.69) is 10.4 Å². The van der Waals surface area contributed by atoms with Gasteiger partial charge in [-0.15, -0.1) is 0 Å². The second-order valence-electron chi connectivity index (χ2n) is 4.43. The Kier molecular flexibility index (Phi) is 2.53. The van der Waals surface area contributed by atoms with Crippen molar-refractivity contribution in [1.82, 2.24) is 19.7 Å². The Hall–Kier alpha value is -1.14. The maximum absolute atomic E-state index is 12.1. The fourth-order valence-electron chi connectivity index (χ4n) is 2.42. The Morgan fingerprint density at radius 1 is 1.44 bits per heavy atom. The smallest absolute Gasteiger partial charge is 0.346 e. The van der Waals surface area contributed by atoms with Crippen molar-refractivity contribution in [2.24, 2.45) is 0 Å². The third-order valence-electron chi connectivity index (χ3n) is 3.40. The molecule has 16 heavy (non-hydrogen) atoms. The van der Waals surface area contributed by atoms with Crippen LogP contribution in [-0.4, -0.2) is 40.7 Å². The van der Waals surface area contributed by atoms with Crippen LogP contribution in [0.1, 0.15) is 24.9 Å². The standard InChI is InChI=1S/C10H16N4O2/c15-10-13(8-1-3-11-5-8)7-12-14(10)9-2-4-16-6-9/h7-9,11H,1-6H2/t8-,9-/m1/s1. The molecule has 0 bridgehead atoms. The summed E-state index contributed by atoms with van der Waals surface area (Å²) >= 11 is 0. The first-order chi connectivity index (χ1) is 7.86. The van der Waals surface area contributed by atoms with E-state index < -0.39 is 0 Å². The van der Waals surface area contributed by atoms with Crippen LogP contribution in [0.3, 0.4) is 0 Å². The molecule has 6 heteroatoms. The summed E-state index contributed by atoms with van der Waals surface area (Å²) in [6, 6.07) is 0.395. The summed E-state index contributed by atoms with van der Waals surface area (Å²) in [5, 5.41) is 7.46. The van der Waals surface area contributed by atoms with Crippen LogP contribution in [0.15, 0.2) is 11.1 Å². The molecule has 0 unspecified atom stereocenters. The lowest BCUT2D eigenvalue weighted by atomic mass is 10.2. The van der Waals surface area contributed by atoms with Gasteiger partial charge in [0.05, 0.1) is 18.7 Å². The summed E-state index contributed by atoms with van der Waals surface area (Å²) in [6.45, 7) is 3.19. The van der Waals surface area contributed by atoms with Crippen molar-refractivity contribution in [2.45, 2.75) is 24.9 Å². The van der Waals surface area contributed by atoms with Gasteiger partial charge in [-0.25, -0.2) is 9.48 Å². The summed E-state index contributed by atoms with van der Waals surface area (Å²) in [4.78, 5) is 12.1. The highest BCUT2D eigenvalue weighted by Gasteiger charge is 2.24. The predicted molar refractivity (Wildman–Crippen MR) is 57.5 cm³/mol. The van der Waals surface area contributed by atoms with Crippen molar-refractivity contribution in [2.75, 3.05) is 26.3 Å². The largest absolute Gasteiger partial charge is 0.379 e. The van der Waals surface area contributed by atoms with E-state index in [1.165, 1.54) is 0 Å². The normalized spacial score (nSPS) is 30.0. The lowest BCUT2D eigenvalue weighted by Crippen LogP contribution is -2.31. The molecule has 3 rings (SSSR count). The molecule has 88 valence electrons. The van der Waals surface area contributed by atoms with Gasteiger partial charge < -0.3 is 10.1 Å². The first kappa shape index (κ1) is 10.0. The Labute approximate surface area is 93.2 Å². The first-order valence-corrected chi connectivity index (χ1v) is 5.80. The van der Waals surface area contributed by atoms with Gasteiger partial charge in [-0.2, -0.15) is 5.10 Å². The van der Waals surface area contributed by atoms with Gasteiger partial charge in [-0.3, -0.25) is 4.57 Å². The van der Waals surface area contributed by atoms with Crippen molar-refractivity contribution >= 4 is 0 Å². The van der Waals surface area contributed by atoms with Gasteiger partial charge in [0.1, 0.15) is 6.33 Å². The van der Waals surface area contributed by atoms with Crippen LogP contribution in [0.25, 0.3) is 0 Å². The van der Waals surface area contributed by atoms with Crippen LogP contribution in [-0.2, 0) is 4.74 Å². The van der Waals surface area contributed by atoms with Gasteiger partial charge in [0.15, 0.2) is 0 Å². The highest BCUT2D eigenvalue weighted by Crippen LogP contribution is 2.17. The molecule has 0 radical (unpaired) electrons. The molecule has 2 atom stereocenters. The number of hydrogen-bond donors (Lipinski definition) is 1. The van der Waals surface area contributed by atoms with Gasteiger partial charge in [0.2, 0.25) is 0 Å². The lowest BCUT2D eigenvalue weighted by molar-refractivity contribution is 0.183. The Morgan fingerprint density at radius 2 is 2.38 bits per heavy atom. The topological polar surface area (TPSA) is 61.1 Å². The molecule has 0 spiro atoms. The van der Waals surface area contributed by atoms with Crippen LogP contribution in [0.2, 0.25) is 0 Å². The number of ether oxygens (including phenoxy) is 1. The van der Waals surface area contributed by atoms with Gasteiger partial charge in [-0.1, -0.05) is 0 Å². The number of nitrogens with one attached hydrogen (secondary N) is 1. The minimum absolute atomic E-state index is 0.00389. The maximum atomic E-state index is 12.1. The molecule has 1 aromatic rings. The van der Waals surface area contributed by atoms with Gasteiger partial charge in [0, 0.05) is 13.2 Å². The van der Waals surface area contributed by atoms with Crippen molar-refractivity contribution in [3.8, 4) is 0 Å². The molecule has 2 saturated heterocycles.